The fourth-order valence-electron chi connectivity index (χ4n) is 3.44. The van der Waals surface area contributed by atoms with Gasteiger partial charge in [-0.25, -0.2) is 15.0 Å². The van der Waals surface area contributed by atoms with Crippen molar-refractivity contribution in [3.05, 3.63) is 66.6 Å². The van der Waals surface area contributed by atoms with Crippen LogP contribution in [0, 0.1) is 0 Å². The molecular weight excluding hydrogens is 350 g/mol. The molecule has 3 aromatic rings. The zero-order valence-electron chi connectivity index (χ0n) is 15.8. The third-order valence-electron chi connectivity index (χ3n) is 4.96. The maximum atomic E-state index is 6.38. The number of aromatic nitrogens is 3. The monoisotopic (exact) mass is 375 g/mol. The van der Waals surface area contributed by atoms with Crippen molar-refractivity contribution in [2.75, 3.05) is 53.6 Å². The van der Waals surface area contributed by atoms with Gasteiger partial charge in [-0.3, -0.25) is 0 Å². The Balaban J connectivity index is 1.37. The molecule has 144 valence electrons. The van der Waals surface area contributed by atoms with E-state index < -0.39 is 0 Å². The number of hydrogen-bond acceptors (Lipinski definition) is 7. The molecule has 0 radical (unpaired) electrons. The van der Waals surface area contributed by atoms with Crippen LogP contribution in [0.25, 0.3) is 0 Å². The first-order valence-corrected chi connectivity index (χ1v) is 9.60. The minimum Gasteiger partial charge on any atom is -0.393 e. The highest BCUT2D eigenvalue weighted by Gasteiger charge is 2.21. The van der Waals surface area contributed by atoms with Gasteiger partial charge in [0.2, 0.25) is 0 Å². The van der Waals surface area contributed by atoms with Crippen molar-refractivity contribution in [3.8, 4) is 0 Å². The largest absolute Gasteiger partial charge is 0.393 e. The molecule has 1 aliphatic heterocycles. The molecule has 3 N–H and O–H groups in total. The van der Waals surface area contributed by atoms with E-state index in [2.05, 4.69) is 54.3 Å². The summed E-state index contributed by atoms with van der Waals surface area (Å²) < 4.78 is 0. The predicted octanol–water partition coefficient (Wildman–Crippen LogP) is 2.44. The average molecular weight is 375 g/mol. The molecular formula is C21H25N7. The van der Waals surface area contributed by atoms with Gasteiger partial charge in [0.25, 0.3) is 0 Å². The number of rotatable bonds is 6. The van der Waals surface area contributed by atoms with Gasteiger partial charge in [0.1, 0.15) is 17.8 Å². The first kappa shape index (κ1) is 18.0. The van der Waals surface area contributed by atoms with Crippen LogP contribution in [0.2, 0.25) is 0 Å². The highest BCUT2D eigenvalue weighted by atomic mass is 15.3. The Bertz CT molecular complexity index is 878. The highest BCUT2D eigenvalue weighted by Crippen LogP contribution is 2.27. The van der Waals surface area contributed by atoms with E-state index in [1.807, 2.05) is 30.5 Å². The molecule has 7 nitrogen and oxygen atoms in total. The molecule has 1 aromatic carbocycles. The summed E-state index contributed by atoms with van der Waals surface area (Å²) in [5.41, 5.74) is 8.28. The van der Waals surface area contributed by atoms with Crippen LogP contribution in [0.3, 0.4) is 0 Å². The van der Waals surface area contributed by atoms with Crippen molar-refractivity contribution >= 4 is 23.1 Å². The molecule has 0 bridgehead atoms. The molecule has 2 aromatic heterocycles. The molecule has 0 amide bonds. The Labute approximate surface area is 165 Å². The lowest BCUT2D eigenvalue weighted by atomic mass is 10.1. The summed E-state index contributed by atoms with van der Waals surface area (Å²) in [5, 5.41) is 3.35. The van der Waals surface area contributed by atoms with Crippen molar-refractivity contribution in [1.82, 2.24) is 15.0 Å². The van der Waals surface area contributed by atoms with Crippen LogP contribution in [0.1, 0.15) is 5.56 Å². The molecule has 1 aliphatic rings. The Morgan fingerprint density at radius 1 is 0.857 bits per heavy atom. The molecule has 1 fully saturated rings. The highest BCUT2D eigenvalue weighted by molar-refractivity contribution is 5.75. The van der Waals surface area contributed by atoms with Crippen LogP contribution in [0.15, 0.2) is 61.1 Å². The summed E-state index contributed by atoms with van der Waals surface area (Å²) in [7, 11) is 0. The van der Waals surface area contributed by atoms with Crippen molar-refractivity contribution in [3.63, 3.8) is 0 Å². The zero-order chi connectivity index (χ0) is 19.2. The molecule has 0 atom stereocenters. The Morgan fingerprint density at radius 2 is 1.61 bits per heavy atom. The van der Waals surface area contributed by atoms with Crippen molar-refractivity contribution < 1.29 is 0 Å². The van der Waals surface area contributed by atoms with Gasteiger partial charge in [-0.15, -0.1) is 0 Å². The molecule has 0 spiro atoms. The van der Waals surface area contributed by atoms with E-state index in [0.717, 1.165) is 50.8 Å². The number of nitrogens with one attached hydrogen (secondary N) is 1. The SMILES string of the molecule is Nc1c(NCCc2ccccc2)ncnc1N1CCN(c2ccccn2)CC1. The van der Waals surface area contributed by atoms with Crippen LogP contribution < -0.4 is 20.9 Å². The van der Waals surface area contributed by atoms with Gasteiger partial charge in [-0.05, 0) is 24.1 Å². The minimum atomic E-state index is 0.613. The number of piperazine rings is 1. The molecule has 0 saturated carbocycles. The Hall–Kier alpha value is -3.35. The maximum Gasteiger partial charge on any atom is 0.157 e. The number of benzene rings is 1. The van der Waals surface area contributed by atoms with Crippen LogP contribution >= 0.6 is 0 Å². The molecule has 28 heavy (non-hydrogen) atoms. The third kappa shape index (κ3) is 4.14. The molecule has 0 unspecified atom stereocenters. The van der Waals surface area contributed by atoms with Crippen LogP contribution in [0.5, 0.6) is 0 Å². The summed E-state index contributed by atoms with van der Waals surface area (Å²) in [5.74, 6) is 2.52. The lowest BCUT2D eigenvalue weighted by Gasteiger charge is -2.36. The van der Waals surface area contributed by atoms with Crippen LogP contribution in [-0.4, -0.2) is 47.7 Å². The molecule has 3 heterocycles. The van der Waals surface area contributed by atoms with Crippen molar-refractivity contribution in [2.45, 2.75) is 6.42 Å². The number of nitrogens with two attached hydrogens (primary N) is 1. The average Bonchev–Trinajstić information content (AvgIpc) is 2.76. The summed E-state index contributed by atoms with van der Waals surface area (Å²) >= 11 is 0. The number of anilines is 4. The normalized spacial score (nSPS) is 14.1. The van der Waals surface area contributed by atoms with Gasteiger partial charge in [0.05, 0.1) is 0 Å². The first-order valence-electron chi connectivity index (χ1n) is 9.60. The summed E-state index contributed by atoms with van der Waals surface area (Å²) in [6.45, 7) is 4.25. The Kier molecular flexibility index (Phi) is 5.51. The number of nitrogens with zero attached hydrogens (tertiary/aromatic N) is 5. The fraction of sp³-hybridized carbons (Fsp3) is 0.286. The fourth-order valence-corrected chi connectivity index (χ4v) is 3.44. The molecule has 4 rings (SSSR count). The van der Waals surface area contributed by atoms with Crippen LogP contribution in [0.4, 0.5) is 23.1 Å². The smallest absolute Gasteiger partial charge is 0.157 e. The second-order valence-corrected chi connectivity index (χ2v) is 6.78. The van der Waals surface area contributed by atoms with Gasteiger partial charge in [0.15, 0.2) is 11.6 Å². The van der Waals surface area contributed by atoms with E-state index in [9.17, 15) is 0 Å². The predicted molar refractivity (Wildman–Crippen MR) is 114 cm³/mol. The van der Waals surface area contributed by atoms with Crippen molar-refractivity contribution in [2.24, 2.45) is 0 Å². The molecule has 1 saturated heterocycles. The lowest BCUT2D eigenvalue weighted by Crippen LogP contribution is -2.47. The van der Waals surface area contributed by atoms with Gasteiger partial charge in [0, 0.05) is 38.9 Å². The van der Waals surface area contributed by atoms with E-state index in [1.165, 1.54) is 5.56 Å². The minimum absolute atomic E-state index is 0.613. The topological polar surface area (TPSA) is 83.2 Å². The lowest BCUT2D eigenvalue weighted by molar-refractivity contribution is 0.642. The Morgan fingerprint density at radius 3 is 2.36 bits per heavy atom. The van der Waals surface area contributed by atoms with E-state index >= 15 is 0 Å². The van der Waals surface area contributed by atoms with E-state index in [-0.39, 0.29) is 0 Å². The van der Waals surface area contributed by atoms with E-state index in [4.69, 9.17) is 5.73 Å². The van der Waals surface area contributed by atoms with E-state index in [0.29, 0.717) is 11.5 Å². The second-order valence-electron chi connectivity index (χ2n) is 6.78. The molecule has 0 aliphatic carbocycles. The van der Waals surface area contributed by atoms with Crippen LogP contribution in [-0.2, 0) is 6.42 Å². The first-order chi connectivity index (χ1) is 13.8. The zero-order valence-corrected chi connectivity index (χ0v) is 15.8. The van der Waals surface area contributed by atoms with Gasteiger partial charge >= 0.3 is 0 Å². The summed E-state index contributed by atoms with van der Waals surface area (Å²) in [4.78, 5) is 17.7. The number of nitrogen functional groups attached to an aromatic ring is 1. The second kappa shape index (κ2) is 8.56. The standard InChI is InChI=1S/C21H25N7/c22-19-20(24-11-9-17-6-2-1-3-7-17)25-16-26-21(19)28-14-12-27(13-15-28)18-8-4-5-10-23-18/h1-8,10,16H,9,11-15,22H2,(H,24,25,26). The van der Waals surface area contributed by atoms with Crippen molar-refractivity contribution in [1.29, 1.82) is 0 Å². The van der Waals surface area contributed by atoms with Gasteiger partial charge < -0.3 is 20.9 Å². The molecule has 7 heteroatoms. The van der Waals surface area contributed by atoms with E-state index in [1.54, 1.807) is 6.33 Å². The quantitative estimate of drug-likeness (QED) is 0.685. The number of hydrogen-bond donors (Lipinski definition) is 2. The maximum absolute atomic E-state index is 6.38. The number of pyridine rings is 1. The van der Waals surface area contributed by atoms with Gasteiger partial charge in [-0.2, -0.15) is 0 Å². The van der Waals surface area contributed by atoms with Gasteiger partial charge in [-0.1, -0.05) is 36.4 Å². The summed E-state index contributed by atoms with van der Waals surface area (Å²) in [6, 6.07) is 16.4. The summed E-state index contributed by atoms with van der Waals surface area (Å²) in [6.07, 6.45) is 4.33. The third-order valence-corrected chi connectivity index (χ3v) is 4.96.